The third-order valence-corrected chi connectivity index (χ3v) is 6.91. The van der Waals surface area contributed by atoms with Crippen LogP contribution >= 0.6 is 0 Å². The van der Waals surface area contributed by atoms with Gasteiger partial charge in [-0.25, -0.2) is 26.3 Å². The molecule has 0 spiro atoms. The highest BCUT2D eigenvalue weighted by molar-refractivity contribution is 7.89. The second kappa shape index (κ2) is 7.43. The Balaban J connectivity index is 1.71. The minimum Gasteiger partial charge on any atom is -0.288 e. The standard InChI is InChI=1S/C17H17N3O6S2/c1-18-27(23,24)10-12-4-2-11(3-5-12)9-19-28(25,26)13-6-7-14-15(8-13)17(22)20-16(14)21/h2-8,18-19H,9-10H2,1H3,(H,20,21,22). The van der Waals surface area contributed by atoms with E-state index in [2.05, 4.69) is 14.8 Å². The zero-order valence-electron chi connectivity index (χ0n) is 14.7. The molecular formula is C17H17N3O6S2. The minimum atomic E-state index is -3.91. The molecule has 1 heterocycles. The highest BCUT2D eigenvalue weighted by atomic mass is 32.2. The molecular weight excluding hydrogens is 406 g/mol. The van der Waals surface area contributed by atoms with E-state index in [0.717, 1.165) is 6.07 Å². The van der Waals surface area contributed by atoms with Gasteiger partial charge in [0.05, 0.1) is 21.8 Å². The van der Waals surface area contributed by atoms with Gasteiger partial charge >= 0.3 is 0 Å². The van der Waals surface area contributed by atoms with Gasteiger partial charge in [-0.15, -0.1) is 0 Å². The van der Waals surface area contributed by atoms with Crippen molar-refractivity contribution in [1.82, 2.24) is 14.8 Å². The van der Waals surface area contributed by atoms with Crippen molar-refractivity contribution in [1.29, 1.82) is 0 Å². The zero-order chi connectivity index (χ0) is 20.5. The number of imide groups is 1. The maximum Gasteiger partial charge on any atom is 0.258 e. The van der Waals surface area contributed by atoms with E-state index in [-0.39, 0.29) is 28.3 Å². The van der Waals surface area contributed by atoms with Crippen molar-refractivity contribution in [2.75, 3.05) is 7.05 Å². The van der Waals surface area contributed by atoms with Crippen molar-refractivity contribution in [3.8, 4) is 0 Å². The summed E-state index contributed by atoms with van der Waals surface area (Å²) in [6.45, 7) is -0.0242. The third-order valence-electron chi connectivity index (χ3n) is 4.17. The molecule has 0 unspecified atom stereocenters. The van der Waals surface area contributed by atoms with Gasteiger partial charge in [-0.1, -0.05) is 24.3 Å². The van der Waals surface area contributed by atoms with Gasteiger partial charge in [-0.3, -0.25) is 14.9 Å². The first kappa shape index (κ1) is 20.1. The van der Waals surface area contributed by atoms with E-state index < -0.39 is 31.9 Å². The van der Waals surface area contributed by atoms with Gasteiger partial charge in [0.15, 0.2) is 0 Å². The summed E-state index contributed by atoms with van der Waals surface area (Å²) in [6.07, 6.45) is 0. The Labute approximate surface area is 162 Å². The molecule has 0 fully saturated rings. The minimum absolute atomic E-state index is 0.0166. The molecule has 11 heteroatoms. The third kappa shape index (κ3) is 4.28. The smallest absolute Gasteiger partial charge is 0.258 e. The monoisotopic (exact) mass is 423 g/mol. The Morgan fingerprint density at radius 3 is 2.11 bits per heavy atom. The first-order valence-electron chi connectivity index (χ1n) is 8.10. The number of carbonyl (C=O) groups is 2. The number of carbonyl (C=O) groups excluding carboxylic acids is 2. The molecule has 1 aliphatic rings. The van der Waals surface area contributed by atoms with Gasteiger partial charge < -0.3 is 0 Å². The van der Waals surface area contributed by atoms with Crippen molar-refractivity contribution in [3.63, 3.8) is 0 Å². The Morgan fingerprint density at radius 2 is 1.46 bits per heavy atom. The van der Waals surface area contributed by atoms with E-state index in [0.29, 0.717) is 11.1 Å². The van der Waals surface area contributed by atoms with Gasteiger partial charge in [-0.2, -0.15) is 0 Å². The van der Waals surface area contributed by atoms with Gasteiger partial charge in [-0.05, 0) is 36.4 Å². The fourth-order valence-corrected chi connectivity index (χ4v) is 4.44. The molecule has 2 aromatic rings. The molecule has 0 aromatic heterocycles. The average Bonchev–Trinajstić information content (AvgIpc) is 2.94. The number of benzene rings is 2. The summed E-state index contributed by atoms with van der Waals surface area (Å²) < 4.78 is 52.7. The van der Waals surface area contributed by atoms with Crippen LogP contribution in [0.4, 0.5) is 0 Å². The number of sulfonamides is 2. The van der Waals surface area contributed by atoms with Crippen LogP contribution in [0.25, 0.3) is 0 Å². The predicted molar refractivity (Wildman–Crippen MR) is 100 cm³/mol. The van der Waals surface area contributed by atoms with Crippen LogP contribution in [0.1, 0.15) is 31.8 Å². The van der Waals surface area contributed by atoms with Crippen LogP contribution in [0.5, 0.6) is 0 Å². The molecule has 0 saturated heterocycles. The van der Waals surface area contributed by atoms with Crippen molar-refractivity contribution in [2.24, 2.45) is 0 Å². The largest absolute Gasteiger partial charge is 0.288 e. The van der Waals surface area contributed by atoms with Crippen molar-refractivity contribution >= 4 is 31.9 Å². The number of rotatable bonds is 7. The van der Waals surface area contributed by atoms with Gasteiger partial charge in [0.1, 0.15) is 0 Å². The molecule has 0 atom stereocenters. The number of hydrogen-bond donors (Lipinski definition) is 3. The van der Waals surface area contributed by atoms with Crippen LogP contribution in [0, 0.1) is 0 Å². The summed E-state index contributed by atoms with van der Waals surface area (Å²) in [7, 11) is -5.97. The molecule has 3 rings (SSSR count). The Morgan fingerprint density at radius 1 is 0.857 bits per heavy atom. The lowest BCUT2D eigenvalue weighted by molar-refractivity contribution is 0.0879. The molecule has 0 bridgehead atoms. The molecule has 0 aliphatic carbocycles. The van der Waals surface area contributed by atoms with Crippen LogP contribution in [0.15, 0.2) is 47.4 Å². The van der Waals surface area contributed by atoms with Crippen LogP contribution < -0.4 is 14.8 Å². The lowest BCUT2D eigenvalue weighted by Gasteiger charge is -2.09. The van der Waals surface area contributed by atoms with Crippen LogP contribution in [0.3, 0.4) is 0 Å². The fourth-order valence-electron chi connectivity index (χ4n) is 2.62. The second-order valence-electron chi connectivity index (χ2n) is 6.09. The second-order valence-corrected chi connectivity index (χ2v) is 9.79. The predicted octanol–water partition coefficient (Wildman–Crippen LogP) is 0.0979. The summed E-state index contributed by atoms with van der Waals surface area (Å²) in [5.41, 5.74) is 1.34. The number of hydrogen-bond acceptors (Lipinski definition) is 6. The van der Waals surface area contributed by atoms with E-state index in [9.17, 15) is 26.4 Å². The highest BCUT2D eigenvalue weighted by Gasteiger charge is 2.28. The molecule has 0 radical (unpaired) electrons. The van der Waals surface area contributed by atoms with E-state index >= 15 is 0 Å². The van der Waals surface area contributed by atoms with Crippen LogP contribution in [-0.4, -0.2) is 35.7 Å². The quantitative estimate of drug-likeness (QED) is 0.540. The lowest BCUT2D eigenvalue weighted by atomic mass is 10.1. The van der Waals surface area contributed by atoms with Crippen molar-refractivity contribution < 1.29 is 26.4 Å². The fraction of sp³-hybridized carbons (Fsp3) is 0.176. The molecule has 1 aliphatic heterocycles. The summed E-state index contributed by atoms with van der Waals surface area (Å²) in [4.78, 5) is 23.1. The van der Waals surface area contributed by atoms with Gasteiger partial charge in [0, 0.05) is 6.54 Å². The number of fused-ring (bicyclic) bond motifs is 1. The topological polar surface area (TPSA) is 139 Å². The molecule has 9 nitrogen and oxygen atoms in total. The van der Waals surface area contributed by atoms with E-state index in [4.69, 9.17) is 0 Å². The maximum atomic E-state index is 12.5. The summed E-state index contributed by atoms with van der Waals surface area (Å²) in [5, 5.41) is 2.10. The zero-order valence-corrected chi connectivity index (χ0v) is 16.4. The number of amides is 2. The molecule has 3 N–H and O–H groups in total. The normalized spacial score (nSPS) is 14.0. The van der Waals surface area contributed by atoms with Crippen LogP contribution in [-0.2, 0) is 32.3 Å². The Hall–Kier alpha value is -2.60. The van der Waals surface area contributed by atoms with E-state index in [1.165, 1.54) is 19.2 Å². The molecule has 0 saturated carbocycles. The number of nitrogens with one attached hydrogen (secondary N) is 3. The van der Waals surface area contributed by atoms with Crippen LogP contribution in [0.2, 0.25) is 0 Å². The summed E-state index contributed by atoms with van der Waals surface area (Å²) in [6, 6.07) is 10.2. The van der Waals surface area contributed by atoms with Gasteiger partial charge in [0.25, 0.3) is 11.8 Å². The lowest BCUT2D eigenvalue weighted by Crippen LogP contribution is -2.23. The Kier molecular flexibility index (Phi) is 5.35. The molecule has 148 valence electrons. The molecule has 28 heavy (non-hydrogen) atoms. The Bertz CT molecular complexity index is 1160. The first-order valence-corrected chi connectivity index (χ1v) is 11.2. The van der Waals surface area contributed by atoms with E-state index in [1.807, 2.05) is 0 Å². The summed E-state index contributed by atoms with van der Waals surface area (Å²) >= 11 is 0. The average molecular weight is 423 g/mol. The van der Waals surface area contributed by atoms with E-state index in [1.54, 1.807) is 24.3 Å². The maximum absolute atomic E-state index is 12.5. The highest BCUT2D eigenvalue weighted by Crippen LogP contribution is 2.20. The SMILES string of the molecule is CNS(=O)(=O)Cc1ccc(CNS(=O)(=O)c2ccc3c(c2)C(=O)NC3=O)cc1. The van der Waals surface area contributed by atoms with Crippen molar-refractivity contribution in [3.05, 3.63) is 64.7 Å². The van der Waals surface area contributed by atoms with Crippen molar-refractivity contribution in [2.45, 2.75) is 17.2 Å². The molecule has 2 aromatic carbocycles. The van der Waals surface area contributed by atoms with Gasteiger partial charge in [0.2, 0.25) is 20.0 Å². The first-order chi connectivity index (χ1) is 13.1. The summed E-state index contributed by atoms with van der Waals surface area (Å²) in [5.74, 6) is -1.37. The molecule has 2 amide bonds.